The van der Waals surface area contributed by atoms with Gasteiger partial charge in [0.1, 0.15) is 12.1 Å². The number of hydrogen-bond acceptors (Lipinski definition) is 7. The van der Waals surface area contributed by atoms with Crippen molar-refractivity contribution in [3.05, 3.63) is 48.8 Å². The lowest BCUT2D eigenvalue weighted by Gasteiger charge is -2.32. The molecule has 30 heavy (non-hydrogen) atoms. The molecule has 0 spiro atoms. The van der Waals surface area contributed by atoms with E-state index >= 15 is 0 Å². The van der Waals surface area contributed by atoms with E-state index in [2.05, 4.69) is 32.1 Å². The molecule has 0 saturated carbocycles. The van der Waals surface area contributed by atoms with Crippen LogP contribution in [0.15, 0.2) is 48.8 Å². The molecule has 3 aromatic rings. The monoisotopic (exact) mass is 407 g/mol. The van der Waals surface area contributed by atoms with Crippen LogP contribution in [0.4, 0.5) is 11.5 Å². The zero-order chi connectivity index (χ0) is 20.8. The van der Waals surface area contributed by atoms with Gasteiger partial charge < -0.3 is 24.6 Å². The number of para-hydroxylation sites is 1. The van der Waals surface area contributed by atoms with Gasteiger partial charge in [-0.1, -0.05) is 18.2 Å². The maximum Gasteiger partial charge on any atom is 0.163 e. The molecular weight excluding hydrogens is 378 g/mol. The van der Waals surface area contributed by atoms with Gasteiger partial charge >= 0.3 is 0 Å². The first-order valence-electron chi connectivity index (χ1n) is 10.4. The molecule has 1 fully saturated rings. The second kappa shape index (κ2) is 9.73. The predicted octanol–water partition coefficient (Wildman–Crippen LogP) is 3.40. The number of nitrogens with zero attached hydrogens (tertiary/aromatic N) is 4. The summed E-state index contributed by atoms with van der Waals surface area (Å²) in [6, 6.07) is 13.8. The Morgan fingerprint density at radius 2 is 1.80 bits per heavy atom. The smallest absolute Gasteiger partial charge is 0.163 e. The van der Waals surface area contributed by atoms with Crippen LogP contribution in [0, 0.1) is 0 Å². The number of fused-ring (bicyclic) bond motifs is 1. The summed E-state index contributed by atoms with van der Waals surface area (Å²) in [5.41, 5.74) is 1.79. The van der Waals surface area contributed by atoms with E-state index in [9.17, 15) is 0 Å². The number of aromatic nitrogens is 2. The van der Waals surface area contributed by atoms with Crippen molar-refractivity contribution in [2.24, 2.45) is 0 Å². The number of hydrogen-bond donors (Lipinski definition) is 1. The Morgan fingerprint density at radius 1 is 1.00 bits per heavy atom. The number of piperazine rings is 1. The normalized spacial score (nSPS) is 15.3. The van der Waals surface area contributed by atoms with Gasteiger partial charge in [0.15, 0.2) is 11.5 Å². The number of methoxy groups -OCH3 is 1. The molecular formula is C23H29N5O2. The van der Waals surface area contributed by atoms with Crippen LogP contribution in [-0.4, -0.2) is 73.3 Å². The Hall–Kier alpha value is -2.90. The molecule has 0 atom stereocenters. The molecule has 4 rings (SSSR count). The minimum absolute atomic E-state index is 0.647. The Labute approximate surface area is 177 Å². The summed E-state index contributed by atoms with van der Waals surface area (Å²) in [5.74, 6) is 2.15. The van der Waals surface area contributed by atoms with Gasteiger partial charge in [0.25, 0.3) is 0 Å². The van der Waals surface area contributed by atoms with Gasteiger partial charge in [0, 0.05) is 49.9 Å². The van der Waals surface area contributed by atoms with Crippen LogP contribution in [-0.2, 0) is 0 Å². The lowest BCUT2D eigenvalue weighted by atomic mass is 10.2. The van der Waals surface area contributed by atoms with Gasteiger partial charge in [-0.05, 0) is 31.7 Å². The van der Waals surface area contributed by atoms with Crippen molar-refractivity contribution in [2.45, 2.75) is 6.42 Å². The fraction of sp³-hybridized carbons (Fsp3) is 0.391. The van der Waals surface area contributed by atoms with Crippen LogP contribution >= 0.6 is 0 Å². The summed E-state index contributed by atoms with van der Waals surface area (Å²) in [7, 11) is 3.84. The highest BCUT2D eigenvalue weighted by atomic mass is 16.5. The van der Waals surface area contributed by atoms with Crippen LogP contribution in [0.1, 0.15) is 6.42 Å². The highest BCUT2D eigenvalue weighted by molar-refractivity contribution is 5.93. The minimum atomic E-state index is 0.647. The molecule has 1 N–H and O–H groups in total. The molecule has 0 aliphatic carbocycles. The van der Waals surface area contributed by atoms with E-state index in [-0.39, 0.29) is 0 Å². The fourth-order valence-corrected chi connectivity index (χ4v) is 3.64. The predicted molar refractivity (Wildman–Crippen MR) is 120 cm³/mol. The van der Waals surface area contributed by atoms with E-state index in [1.807, 2.05) is 42.5 Å². The summed E-state index contributed by atoms with van der Waals surface area (Å²) >= 11 is 0. The Kier molecular flexibility index (Phi) is 6.61. The number of benzene rings is 2. The van der Waals surface area contributed by atoms with Crippen LogP contribution in [0.25, 0.3) is 10.9 Å². The Bertz CT molecular complexity index is 958. The molecule has 0 amide bonds. The molecule has 1 aliphatic rings. The SMILES string of the molecule is COc1cc2c(Nc3ccccc3)ncnc2cc1OCCCN1CCN(C)CC1. The molecule has 2 aromatic carbocycles. The van der Waals surface area contributed by atoms with Crippen LogP contribution in [0.3, 0.4) is 0 Å². The summed E-state index contributed by atoms with van der Waals surface area (Å²) < 4.78 is 11.7. The molecule has 0 unspecified atom stereocenters. The van der Waals surface area contributed by atoms with E-state index < -0.39 is 0 Å². The summed E-state index contributed by atoms with van der Waals surface area (Å²) in [4.78, 5) is 13.7. The number of anilines is 2. The van der Waals surface area contributed by atoms with Crippen molar-refractivity contribution in [1.82, 2.24) is 19.8 Å². The van der Waals surface area contributed by atoms with Gasteiger partial charge in [-0.2, -0.15) is 0 Å². The first-order valence-corrected chi connectivity index (χ1v) is 10.4. The third kappa shape index (κ3) is 4.98. The molecule has 0 bridgehead atoms. The third-order valence-electron chi connectivity index (χ3n) is 5.43. The zero-order valence-electron chi connectivity index (χ0n) is 17.7. The zero-order valence-corrected chi connectivity index (χ0v) is 17.7. The Balaban J connectivity index is 1.43. The lowest BCUT2D eigenvalue weighted by Crippen LogP contribution is -2.44. The van der Waals surface area contributed by atoms with Crippen LogP contribution < -0.4 is 14.8 Å². The number of nitrogens with one attached hydrogen (secondary N) is 1. The quantitative estimate of drug-likeness (QED) is 0.574. The van der Waals surface area contributed by atoms with E-state index in [1.54, 1.807) is 13.4 Å². The van der Waals surface area contributed by atoms with Gasteiger partial charge in [-0.3, -0.25) is 0 Å². The highest BCUT2D eigenvalue weighted by Crippen LogP contribution is 2.34. The van der Waals surface area contributed by atoms with Crippen molar-refractivity contribution in [3.8, 4) is 11.5 Å². The van der Waals surface area contributed by atoms with Gasteiger partial charge in [0.05, 0.1) is 19.2 Å². The first-order chi connectivity index (χ1) is 14.7. The average molecular weight is 408 g/mol. The molecule has 158 valence electrons. The molecule has 2 heterocycles. The minimum Gasteiger partial charge on any atom is -0.493 e. The molecule has 7 nitrogen and oxygen atoms in total. The van der Waals surface area contributed by atoms with Gasteiger partial charge in [0.2, 0.25) is 0 Å². The fourth-order valence-electron chi connectivity index (χ4n) is 3.64. The number of ether oxygens (including phenoxy) is 2. The number of rotatable bonds is 8. The summed E-state index contributed by atoms with van der Waals surface area (Å²) in [6.45, 7) is 6.23. The van der Waals surface area contributed by atoms with Crippen molar-refractivity contribution in [2.75, 3.05) is 58.8 Å². The second-order valence-corrected chi connectivity index (χ2v) is 7.58. The highest BCUT2D eigenvalue weighted by Gasteiger charge is 2.14. The molecule has 0 radical (unpaired) electrons. The van der Waals surface area contributed by atoms with E-state index in [0.29, 0.717) is 18.1 Å². The van der Waals surface area contributed by atoms with Crippen molar-refractivity contribution >= 4 is 22.4 Å². The van der Waals surface area contributed by atoms with E-state index in [1.165, 1.54) is 0 Å². The maximum absolute atomic E-state index is 6.06. The van der Waals surface area contributed by atoms with Crippen molar-refractivity contribution < 1.29 is 9.47 Å². The standard InChI is InChI=1S/C23H29N5O2/c1-27-10-12-28(13-11-27)9-6-14-30-22-16-20-19(15-21(22)29-2)23(25-17-24-20)26-18-7-4-3-5-8-18/h3-5,7-8,15-17H,6,9-14H2,1-2H3,(H,24,25,26). The van der Waals surface area contributed by atoms with Crippen LogP contribution in [0.5, 0.6) is 11.5 Å². The Morgan fingerprint density at radius 3 is 2.57 bits per heavy atom. The second-order valence-electron chi connectivity index (χ2n) is 7.58. The molecule has 1 saturated heterocycles. The van der Waals surface area contributed by atoms with E-state index in [0.717, 1.165) is 61.6 Å². The largest absolute Gasteiger partial charge is 0.493 e. The number of likely N-dealkylation sites (N-methyl/N-ethyl adjacent to an activating group) is 1. The molecule has 1 aromatic heterocycles. The summed E-state index contributed by atoms with van der Waals surface area (Å²) in [5, 5.41) is 4.24. The van der Waals surface area contributed by atoms with Crippen molar-refractivity contribution in [1.29, 1.82) is 0 Å². The first kappa shape index (κ1) is 20.4. The summed E-state index contributed by atoms with van der Waals surface area (Å²) in [6.07, 6.45) is 2.55. The lowest BCUT2D eigenvalue weighted by molar-refractivity contribution is 0.145. The van der Waals surface area contributed by atoms with Crippen LogP contribution in [0.2, 0.25) is 0 Å². The third-order valence-corrected chi connectivity index (χ3v) is 5.43. The average Bonchev–Trinajstić information content (AvgIpc) is 2.78. The maximum atomic E-state index is 6.06. The van der Waals surface area contributed by atoms with Gasteiger partial charge in [-0.25, -0.2) is 9.97 Å². The topological polar surface area (TPSA) is 62.8 Å². The van der Waals surface area contributed by atoms with E-state index in [4.69, 9.17) is 9.47 Å². The van der Waals surface area contributed by atoms with Gasteiger partial charge in [-0.15, -0.1) is 0 Å². The molecule has 7 heteroatoms. The van der Waals surface area contributed by atoms with Crippen molar-refractivity contribution in [3.63, 3.8) is 0 Å². The molecule has 1 aliphatic heterocycles.